The van der Waals surface area contributed by atoms with Crippen molar-refractivity contribution in [2.24, 2.45) is 0 Å². The largest absolute Gasteiger partial charge is 0.489 e. The number of likely N-dealkylation sites (N-methyl/N-ethyl adjacent to an activating group) is 1. The van der Waals surface area contributed by atoms with Crippen molar-refractivity contribution in [1.29, 1.82) is 0 Å². The number of rotatable bonds is 5. The number of carbonyl (C=O) groups is 2. The van der Waals surface area contributed by atoms with Gasteiger partial charge in [-0.1, -0.05) is 18.2 Å². The van der Waals surface area contributed by atoms with Gasteiger partial charge in [-0.2, -0.15) is 0 Å². The number of piperidine rings is 1. The summed E-state index contributed by atoms with van der Waals surface area (Å²) >= 11 is 0. The molecule has 2 aromatic rings. The van der Waals surface area contributed by atoms with Crippen LogP contribution in [-0.4, -0.2) is 66.5 Å². The molecule has 0 aliphatic carbocycles. The molecule has 2 aliphatic rings. The standard InChI is InChI=1S/C22H27N3O4/c1-23-21(26)19-14-18(29-17-6-3-2-4-7-17)15-25(19)16-9-11-24(12-10-16)22(27)20-8-5-13-28-20/h2-8,13,16,18-19H,9-12,14-15H2,1H3,(H,23,26)/t18-,19-/m0/s1. The van der Waals surface area contributed by atoms with Gasteiger partial charge in [-0.15, -0.1) is 0 Å². The van der Waals surface area contributed by atoms with Crippen LogP contribution in [-0.2, 0) is 4.79 Å². The maximum atomic E-state index is 12.5. The van der Waals surface area contributed by atoms with Crippen molar-refractivity contribution >= 4 is 11.8 Å². The molecule has 0 saturated carbocycles. The minimum atomic E-state index is -0.203. The Morgan fingerprint density at radius 3 is 2.52 bits per heavy atom. The third kappa shape index (κ3) is 4.29. The molecule has 154 valence electrons. The van der Waals surface area contributed by atoms with Crippen molar-refractivity contribution in [3.05, 3.63) is 54.5 Å². The van der Waals surface area contributed by atoms with E-state index in [1.165, 1.54) is 6.26 Å². The number of hydrogen-bond acceptors (Lipinski definition) is 5. The Morgan fingerprint density at radius 1 is 1.10 bits per heavy atom. The molecular formula is C22H27N3O4. The quantitative estimate of drug-likeness (QED) is 0.837. The Morgan fingerprint density at radius 2 is 1.86 bits per heavy atom. The first-order valence-corrected chi connectivity index (χ1v) is 10.2. The number of hydrogen-bond donors (Lipinski definition) is 1. The third-order valence-corrected chi connectivity index (χ3v) is 5.85. The van der Waals surface area contributed by atoms with Crippen LogP contribution in [0.25, 0.3) is 0 Å². The SMILES string of the molecule is CNC(=O)[C@@H]1C[C@H](Oc2ccccc2)CN1C1CCN(C(=O)c2ccco2)CC1. The average Bonchev–Trinajstić information content (AvgIpc) is 3.44. The van der Waals surface area contributed by atoms with E-state index in [9.17, 15) is 9.59 Å². The van der Waals surface area contributed by atoms with Crippen LogP contribution >= 0.6 is 0 Å². The first kappa shape index (κ1) is 19.5. The van der Waals surface area contributed by atoms with E-state index in [0.717, 1.165) is 18.6 Å². The molecule has 1 aromatic heterocycles. The third-order valence-electron chi connectivity index (χ3n) is 5.85. The molecule has 0 radical (unpaired) electrons. The highest BCUT2D eigenvalue weighted by atomic mass is 16.5. The Bertz CT molecular complexity index is 816. The van der Waals surface area contributed by atoms with Crippen LogP contribution in [0.3, 0.4) is 0 Å². The van der Waals surface area contributed by atoms with E-state index in [1.807, 2.05) is 35.2 Å². The van der Waals surface area contributed by atoms with E-state index in [4.69, 9.17) is 9.15 Å². The van der Waals surface area contributed by atoms with Gasteiger partial charge in [0, 0.05) is 39.1 Å². The van der Waals surface area contributed by atoms with Crippen LogP contribution in [0.15, 0.2) is 53.1 Å². The molecule has 7 nitrogen and oxygen atoms in total. The number of furan rings is 1. The minimum Gasteiger partial charge on any atom is -0.489 e. The predicted molar refractivity (Wildman–Crippen MR) is 108 cm³/mol. The van der Waals surface area contributed by atoms with Gasteiger partial charge in [0.2, 0.25) is 5.91 Å². The minimum absolute atomic E-state index is 0.0255. The van der Waals surface area contributed by atoms with Crippen LogP contribution < -0.4 is 10.1 Å². The summed E-state index contributed by atoms with van der Waals surface area (Å²) in [5.41, 5.74) is 0. The molecule has 0 spiro atoms. The second-order valence-electron chi connectivity index (χ2n) is 7.62. The van der Waals surface area contributed by atoms with Gasteiger partial charge in [0.25, 0.3) is 5.91 Å². The molecule has 7 heteroatoms. The monoisotopic (exact) mass is 397 g/mol. The topological polar surface area (TPSA) is 75.0 Å². The van der Waals surface area contributed by atoms with Crippen LogP contribution in [0, 0.1) is 0 Å². The number of carbonyl (C=O) groups excluding carboxylic acids is 2. The fourth-order valence-electron chi connectivity index (χ4n) is 4.38. The van der Waals surface area contributed by atoms with Gasteiger partial charge in [0.05, 0.1) is 12.3 Å². The summed E-state index contributed by atoms with van der Waals surface area (Å²) in [5, 5.41) is 2.79. The van der Waals surface area contributed by atoms with Crippen LogP contribution in [0.5, 0.6) is 5.75 Å². The van der Waals surface area contributed by atoms with Crippen molar-refractivity contribution < 1.29 is 18.7 Å². The molecule has 2 amide bonds. The second-order valence-corrected chi connectivity index (χ2v) is 7.62. The summed E-state index contributed by atoms with van der Waals surface area (Å²) in [6.45, 7) is 2.03. The molecule has 0 bridgehead atoms. The fraction of sp³-hybridized carbons (Fsp3) is 0.455. The van der Waals surface area contributed by atoms with Crippen molar-refractivity contribution in [3.8, 4) is 5.75 Å². The molecule has 2 saturated heterocycles. The predicted octanol–water partition coefficient (Wildman–Crippen LogP) is 2.15. The lowest BCUT2D eigenvalue weighted by Gasteiger charge is -2.38. The van der Waals surface area contributed by atoms with E-state index in [0.29, 0.717) is 31.8 Å². The lowest BCUT2D eigenvalue weighted by atomic mass is 10.0. The number of nitrogens with zero attached hydrogens (tertiary/aromatic N) is 2. The van der Waals surface area contributed by atoms with Gasteiger partial charge >= 0.3 is 0 Å². The molecule has 3 heterocycles. The number of benzene rings is 1. The van der Waals surface area contributed by atoms with E-state index in [1.54, 1.807) is 19.2 Å². The Hall–Kier alpha value is -2.80. The summed E-state index contributed by atoms with van der Waals surface area (Å²) in [7, 11) is 1.68. The zero-order valence-electron chi connectivity index (χ0n) is 16.6. The molecule has 1 aromatic carbocycles. The van der Waals surface area contributed by atoms with Crippen molar-refractivity contribution in [3.63, 3.8) is 0 Å². The van der Waals surface area contributed by atoms with E-state index in [2.05, 4.69) is 10.2 Å². The zero-order valence-corrected chi connectivity index (χ0v) is 16.6. The average molecular weight is 397 g/mol. The maximum absolute atomic E-state index is 12.5. The van der Waals surface area contributed by atoms with Gasteiger partial charge in [0.15, 0.2) is 5.76 Å². The lowest BCUT2D eigenvalue weighted by Crippen LogP contribution is -2.51. The number of nitrogens with one attached hydrogen (secondary N) is 1. The maximum Gasteiger partial charge on any atom is 0.289 e. The van der Waals surface area contributed by atoms with Crippen LogP contribution in [0.4, 0.5) is 0 Å². The number of amides is 2. The van der Waals surface area contributed by atoms with Gasteiger partial charge in [-0.3, -0.25) is 14.5 Å². The molecule has 2 aliphatic heterocycles. The summed E-state index contributed by atoms with van der Waals surface area (Å²) in [4.78, 5) is 29.1. The number of para-hydroxylation sites is 1. The summed E-state index contributed by atoms with van der Waals surface area (Å²) < 4.78 is 11.4. The highest BCUT2D eigenvalue weighted by Crippen LogP contribution is 2.29. The zero-order chi connectivity index (χ0) is 20.2. The number of ether oxygens (including phenoxy) is 1. The van der Waals surface area contributed by atoms with Gasteiger partial charge in [-0.05, 0) is 37.1 Å². The molecular weight excluding hydrogens is 370 g/mol. The first-order valence-electron chi connectivity index (χ1n) is 10.2. The first-order chi connectivity index (χ1) is 14.2. The summed E-state index contributed by atoms with van der Waals surface area (Å²) in [6.07, 6.45) is 3.82. The Balaban J connectivity index is 1.39. The van der Waals surface area contributed by atoms with Crippen LogP contribution in [0.2, 0.25) is 0 Å². The fourth-order valence-corrected chi connectivity index (χ4v) is 4.38. The molecule has 1 N–H and O–H groups in total. The molecule has 0 unspecified atom stereocenters. The van der Waals surface area contributed by atoms with E-state index < -0.39 is 0 Å². The van der Waals surface area contributed by atoms with Gasteiger partial charge < -0.3 is 19.4 Å². The lowest BCUT2D eigenvalue weighted by molar-refractivity contribution is -0.126. The summed E-state index contributed by atoms with van der Waals surface area (Å²) in [5.74, 6) is 1.17. The van der Waals surface area contributed by atoms with Crippen LogP contribution in [0.1, 0.15) is 29.8 Å². The number of likely N-dealkylation sites (tertiary alicyclic amines) is 2. The molecule has 2 fully saturated rings. The van der Waals surface area contributed by atoms with E-state index in [-0.39, 0.29) is 30.0 Å². The van der Waals surface area contributed by atoms with Gasteiger partial charge in [0.1, 0.15) is 11.9 Å². The highest BCUT2D eigenvalue weighted by Gasteiger charge is 2.42. The van der Waals surface area contributed by atoms with Crippen molar-refractivity contribution in [2.75, 3.05) is 26.7 Å². The molecule has 2 atom stereocenters. The van der Waals surface area contributed by atoms with Crippen molar-refractivity contribution in [1.82, 2.24) is 15.1 Å². The Kier molecular flexibility index (Phi) is 5.85. The van der Waals surface area contributed by atoms with Crippen molar-refractivity contribution in [2.45, 2.75) is 37.5 Å². The second kappa shape index (κ2) is 8.69. The normalized spacial score (nSPS) is 23.1. The molecule has 29 heavy (non-hydrogen) atoms. The smallest absolute Gasteiger partial charge is 0.289 e. The van der Waals surface area contributed by atoms with E-state index >= 15 is 0 Å². The molecule has 4 rings (SSSR count). The summed E-state index contributed by atoms with van der Waals surface area (Å²) in [6, 6.07) is 13.2. The van der Waals surface area contributed by atoms with Gasteiger partial charge in [-0.25, -0.2) is 0 Å². The Labute approximate surface area is 170 Å². The highest BCUT2D eigenvalue weighted by molar-refractivity contribution is 5.91.